The molecule has 0 bridgehead atoms. The maximum Gasteiger partial charge on any atom is 0.279 e. The molecule has 1 saturated heterocycles. The molecule has 0 aromatic carbocycles. The van der Waals surface area contributed by atoms with Crippen molar-refractivity contribution < 1.29 is 13.2 Å². The lowest BCUT2D eigenvalue weighted by Gasteiger charge is -2.35. The first-order chi connectivity index (χ1) is 19.2. The standard InChI is InChI=1S/C27H36N8O4S/c1-4-11-30-40(38,39)34-14-12-33(13-15-34)21-9-10-23(28-16-21)31-27-29-17-22-18(2)24(19(3)36)26(37)35(25(22)32-27)20-7-5-6-8-20/h9-10,16-17,20,30H,4-8,11-15H2,1-3H3,(H,28,29,31,32). The number of pyridine rings is 2. The van der Waals surface area contributed by atoms with Gasteiger partial charge in [0.25, 0.3) is 15.8 Å². The number of anilines is 3. The Morgan fingerprint density at radius 2 is 1.80 bits per heavy atom. The Morgan fingerprint density at radius 3 is 2.42 bits per heavy atom. The second-order valence-electron chi connectivity index (χ2n) is 10.4. The van der Waals surface area contributed by atoms with Crippen molar-refractivity contribution in [3.63, 3.8) is 0 Å². The number of nitrogens with zero attached hydrogens (tertiary/aromatic N) is 6. The summed E-state index contributed by atoms with van der Waals surface area (Å²) in [7, 11) is -3.45. The molecule has 1 aliphatic carbocycles. The van der Waals surface area contributed by atoms with Crippen LogP contribution in [0.4, 0.5) is 17.5 Å². The predicted octanol–water partition coefficient (Wildman–Crippen LogP) is 2.92. The van der Waals surface area contributed by atoms with Crippen molar-refractivity contribution in [1.29, 1.82) is 0 Å². The third-order valence-corrected chi connectivity index (χ3v) is 9.33. The molecule has 0 unspecified atom stereocenters. The van der Waals surface area contributed by atoms with E-state index >= 15 is 0 Å². The van der Waals surface area contributed by atoms with E-state index < -0.39 is 10.2 Å². The van der Waals surface area contributed by atoms with Crippen LogP contribution >= 0.6 is 0 Å². The Labute approximate surface area is 234 Å². The Hall–Kier alpha value is -3.42. The van der Waals surface area contributed by atoms with Crippen LogP contribution in [-0.2, 0) is 10.2 Å². The van der Waals surface area contributed by atoms with E-state index in [2.05, 4.69) is 24.9 Å². The number of fused-ring (bicyclic) bond motifs is 1. The molecule has 13 heteroatoms. The van der Waals surface area contributed by atoms with Gasteiger partial charge in [0.15, 0.2) is 5.78 Å². The number of aromatic nitrogens is 4. The van der Waals surface area contributed by atoms with Crippen molar-refractivity contribution in [3.05, 3.63) is 46.0 Å². The second-order valence-corrected chi connectivity index (χ2v) is 12.2. The van der Waals surface area contributed by atoms with Crippen LogP contribution in [-0.4, -0.2) is 70.7 Å². The lowest BCUT2D eigenvalue weighted by Crippen LogP contribution is -2.52. The molecule has 4 heterocycles. The Bertz CT molecular complexity index is 1560. The molecule has 40 heavy (non-hydrogen) atoms. The highest BCUT2D eigenvalue weighted by Crippen LogP contribution is 2.32. The maximum atomic E-state index is 13.4. The van der Waals surface area contributed by atoms with Crippen molar-refractivity contribution in [2.24, 2.45) is 0 Å². The number of carbonyl (C=O) groups excluding carboxylic acids is 1. The topological polar surface area (TPSA) is 142 Å². The molecule has 0 spiro atoms. The van der Waals surface area contributed by atoms with Gasteiger partial charge in [-0.2, -0.15) is 17.7 Å². The van der Waals surface area contributed by atoms with Crippen LogP contribution in [0, 0.1) is 6.92 Å². The van der Waals surface area contributed by atoms with Crippen molar-refractivity contribution >= 4 is 44.5 Å². The van der Waals surface area contributed by atoms with Gasteiger partial charge >= 0.3 is 0 Å². The Balaban J connectivity index is 1.34. The minimum Gasteiger partial charge on any atom is -0.368 e. The van der Waals surface area contributed by atoms with Crippen LogP contribution < -0.4 is 20.5 Å². The molecule has 1 aliphatic heterocycles. The summed E-state index contributed by atoms with van der Waals surface area (Å²) < 4.78 is 30.6. The number of Topliss-reactive ketones (excluding diaryl/α,β-unsaturated/α-hetero) is 1. The first kappa shape index (κ1) is 28.1. The summed E-state index contributed by atoms with van der Waals surface area (Å²) in [4.78, 5) is 41.5. The largest absolute Gasteiger partial charge is 0.368 e. The predicted molar refractivity (Wildman–Crippen MR) is 155 cm³/mol. The molecular formula is C27H36N8O4S. The third-order valence-electron chi connectivity index (χ3n) is 7.72. The van der Waals surface area contributed by atoms with Gasteiger partial charge in [0.2, 0.25) is 5.95 Å². The molecule has 3 aromatic heterocycles. The summed E-state index contributed by atoms with van der Waals surface area (Å²) in [5, 5.41) is 3.83. The van der Waals surface area contributed by atoms with Crippen molar-refractivity contribution in [3.8, 4) is 0 Å². The van der Waals surface area contributed by atoms with Gasteiger partial charge in [-0.05, 0) is 50.8 Å². The summed E-state index contributed by atoms with van der Waals surface area (Å²) in [5.41, 5.74) is 1.94. The zero-order chi connectivity index (χ0) is 28.4. The summed E-state index contributed by atoms with van der Waals surface area (Å²) in [6.45, 7) is 7.49. The highest BCUT2D eigenvalue weighted by Gasteiger charge is 2.27. The third kappa shape index (κ3) is 5.58. The molecule has 12 nitrogen and oxygen atoms in total. The van der Waals surface area contributed by atoms with Crippen LogP contribution in [0.1, 0.15) is 67.9 Å². The minimum absolute atomic E-state index is 0.00624. The average Bonchev–Trinajstić information content (AvgIpc) is 3.47. The first-order valence-corrected chi connectivity index (χ1v) is 15.3. The van der Waals surface area contributed by atoms with Gasteiger partial charge in [-0.15, -0.1) is 0 Å². The number of hydrogen-bond acceptors (Lipinski definition) is 9. The van der Waals surface area contributed by atoms with Crippen molar-refractivity contribution in [2.45, 2.75) is 58.9 Å². The zero-order valence-corrected chi connectivity index (χ0v) is 24.0. The van der Waals surface area contributed by atoms with E-state index in [-0.39, 0.29) is 22.9 Å². The van der Waals surface area contributed by atoms with Crippen LogP contribution in [0.25, 0.3) is 11.0 Å². The van der Waals surface area contributed by atoms with Gasteiger partial charge in [0.1, 0.15) is 11.5 Å². The smallest absolute Gasteiger partial charge is 0.279 e. The molecule has 3 aromatic rings. The average molecular weight is 569 g/mol. The fraction of sp³-hybridized carbons (Fsp3) is 0.519. The molecule has 1 saturated carbocycles. The van der Waals surface area contributed by atoms with E-state index in [4.69, 9.17) is 4.98 Å². The van der Waals surface area contributed by atoms with Crippen LogP contribution in [0.15, 0.2) is 29.3 Å². The SMILES string of the molecule is CCCNS(=O)(=O)N1CCN(c2ccc(Nc3ncc4c(C)c(C(C)=O)c(=O)n(C5CCCC5)c4n3)nc2)CC1. The second kappa shape index (κ2) is 11.6. The van der Waals surface area contributed by atoms with Crippen molar-refractivity contribution in [1.82, 2.24) is 28.5 Å². The number of hydrogen-bond donors (Lipinski definition) is 2. The van der Waals surface area contributed by atoms with Gasteiger partial charge in [-0.3, -0.25) is 14.2 Å². The fourth-order valence-corrected chi connectivity index (χ4v) is 6.87. The summed E-state index contributed by atoms with van der Waals surface area (Å²) in [6.07, 6.45) is 7.97. The van der Waals surface area contributed by atoms with E-state index in [1.165, 1.54) is 11.2 Å². The van der Waals surface area contributed by atoms with E-state index in [0.717, 1.165) is 37.8 Å². The molecule has 2 fully saturated rings. The van der Waals surface area contributed by atoms with Crippen molar-refractivity contribution in [2.75, 3.05) is 42.9 Å². The normalized spacial score (nSPS) is 17.0. The van der Waals surface area contributed by atoms with Gasteiger partial charge in [-0.1, -0.05) is 19.8 Å². The number of piperazine rings is 1. The summed E-state index contributed by atoms with van der Waals surface area (Å²) in [5.74, 6) is 0.603. The number of aryl methyl sites for hydroxylation is 1. The molecule has 0 amide bonds. The number of nitrogens with one attached hydrogen (secondary N) is 2. The molecule has 214 valence electrons. The number of rotatable bonds is 9. The zero-order valence-electron chi connectivity index (χ0n) is 23.2. The van der Waals surface area contributed by atoms with E-state index in [1.54, 1.807) is 23.9 Å². The highest BCUT2D eigenvalue weighted by atomic mass is 32.2. The quantitative estimate of drug-likeness (QED) is 0.373. The molecule has 2 N–H and O–H groups in total. The van der Waals surface area contributed by atoms with E-state index in [9.17, 15) is 18.0 Å². The molecular weight excluding hydrogens is 532 g/mol. The lowest BCUT2D eigenvalue weighted by molar-refractivity contribution is 0.101. The summed E-state index contributed by atoms with van der Waals surface area (Å²) in [6, 6.07) is 3.75. The Morgan fingerprint density at radius 1 is 1.07 bits per heavy atom. The van der Waals surface area contributed by atoms with Gasteiger partial charge in [0, 0.05) is 50.3 Å². The lowest BCUT2D eigenvalue weighted by atomic mass is 10.0. The van der Waals surface area contributed by atoms with E-state index in [1.807, 2.05) is 19.1 Å². The molecule has 0 radical (unpaired) electrons. The summed E-state index contributed by atoms with van der Waals surface area (Å²) >= 11 is 0. The molecule has 0 atom stereocenters. The number of ketones is 1. The first-order valence-electron chi connectivity index (χ1n) is 13.8. The van der Waals surface area contributed by atoms with Gasteiger partial charge < -0.3 is 10.2 Å². The van der Waals surface area contributed by atoms with E-state index in [0.29, 0.717) is 61.1 Å². The number of carbonyl (C=O) groups is 1. The highest BCUT2D eigenvalue weighted by molar-refractivity contribution is 7.87. The van der Waals surface area contributed by atoms with Crippen LogP contribution in [0.2, 0.25) is 0 Å². The molecule has 2 aliphatic rings. The Kier molecular flexibility index (Phi) is 8.15. The van der Waals surface area contributed by atoms with Gasteiger partial charge in [0.05, 0.1) is 17.4 Å². The van der Waals surface area contributed by atoms with Crippen LogP contribution in [0.5, 0.6) is 0 Å². The van der Waals surface area contributed by atoms with Gasteiger partial charge in [-0.25, -0.2) is 14.7 Å². The monoisotopic (exact) mass is 568 g/mol. The maximum absolute atomic E-state index is 13.4. The fourth-order valence-electron chi connectivity index (χ4n) is 5.58. The molecule has 5 rings (SSSR count). The van der Waals surface area contributed by atoms with Crippen LogP contribution in [0.3, 0.4) is 0 Å². The minimum atomic E-state index is -3.45.